The number of rotatable bonds is 5. The first-order chi connectivity index (χ1) is 14.0. The molecule has 1 N–H and O–H groups in total. The Balaban J connectivity index is 1.57. The van der Waals surface area contributed by atoms with Gasteiger partial charge in [-0.1, -0.05) is 23.7 Å². The van der Waals surface area contributed by atoms with Crippen molar-refractivity contribution >= 4 is 34.3 Å². The normalized spacial score (nSPS) is 10.9. The maximum atomic E-state index is 12.6. The molecular formula is C23H19ClN2O3. The molecule has 1 aromatic heterocycles. The minimum absolute atomic E-state index is 0.264. The minimum Gasteiger partial charge on any atom is -0.492 e. The lowest BCUT2D eigenvalue weighted by atomic mass is 10.1. The summed E-state index contributed by atoms with van der Waals surface area (Å²) in [6.07, 6.45) is 0. The summed E-state index contributed by atoms with van der Waals surface area (Å²) in [7, 11) is 0. The van der Waals surface area contributed by atoms with Gasteiger partial charge >= 0.3 is 0 Å². The van der Waals surface area contributed by atoms with Crippen LogP contribution in [0.2, 0.25) is 5.02 Å². The first kappa shape index (κ1) is 19.0. The third kappa shape index (κ3) is 4.10. The van der Waals surface area contributed by atoms with Crippen molar-refractivity contribution < 1.29 is 13.9 Å². The number of halogens is 1. The Kier molecular flexibility index (Phi) is 5.23. The van der Waals surface area contributed by atoms with Gasteiger partial charge in [-0.05, 0) is 67.9 Å². The number of nitrogens with one attached hydrogen (secondary N) is 1. The Labute approximate surface area is 173 Å². The molecule has 0 radical (unpaired) electrons. The van der Waals surface area contributed by atoms with Crippen molar-refractivity contribution in [1.29, 1.82) is 0 Å². The summed E-state index contributed by atoms with van der Waals surface area (Å²) >= 11 is 6.18. The number of fused-ring (bicyclic) bond motifs is 1. The van der Waals surface area contributed by atoms with E-state index in [2.05, 4.69) is 10.3 Å². The Morgan fingerprint density at radius 2 is 2.00 bits per heavy atom. The lowest BCUT2D eigenvalue weighted by Gasteiger charge is -2.09. The van der Waals surface area contributed by atoms with E-state index in [0.717, 1.165) is 22.2 Å². The fourth-order valence-corrected chi connectivity index (χ4v) is 3.24. The summed E-state index contributed by atoms with van der Waals surface area (Å²) in [5, 5.41) is 3.28. The highest BCUT2D eigenvalue weighted by Crippen LogP contribution is 2.28. The Bertz CT molecular complexity index is 1200. The Morgan fingerprint density at radius 3 is 2.79 bits per heavy atom. The number of nitrogens with zero attached hydrogens (tertiary/aromatic N) is 1. The summed E-state index contributed by atoms with van der Waals surface area (Å²) in [6.45, 7) is 4.39. The lowest BCUT2D eigenvalue weighted by Crippen LogP contribution is -2.12. The Morgan fingerprint density at radius 1 is 1.14 bits per heavy atom. The summed E-state index contributed by atoms with van der Waals surface area (Å²) in [5.74, 6) is 0.796. The molecule has 4 aromatic rings. The van der Waals surface area contributed by atoms with Crippen LogP contribution in [-0.4, -0.2) is 17.5 Å². The van der Waals surface area contributed by atoms with Gasteiger partial charge in [0.1, 0.15) is 11.3 Å². The molecule has 1 amide bonds. The van der Waals surface area contributed by atoms with Crippen LogP contribution in [0.1, 0.15) is 22.8 Å². The van der Waals surface area contributed by atoms with Gasteiger partial charge in [0, 0.05) is 16.8 Å². The van der Waals surface area contributed by atoms with Crippen LogP contribution in [0.15, 0.2) is 65.1 Å². The minimum atomic E-state index is -0.264. The topological polar surface area (TPSA) is 64.4 Å². The quantitative estimate of drug-likeness (QED) is 0.434. The number of aromatic nitrogens is 1. The van der Waals surface area contributed by atoms with E-state index in [4.69, 9.17) is 20.8 Å². The zero-order chi connectivity index (χ0) is 20.4. The number of benzene rings is 3. The van der Waals surface area contributed by atoms with Crippen LogP contribution < -0.4 is 10.1 Å². The number of aryl methyl sites for hydroxylation is 1. The maximum absolute atomic E-state index is 12.6. The van der Waals surface area contributed by atoms with E-state index >= 15 is 0 Å². The second kappa shape index (κ2) is 7.97. The second-order valence-corrected chi connectivity index (χ2v) is 7.01. The van der Waals surface area contributed by atoms with Gasteiger partial charge in [-0.2, -0.15) is 0 Å². The zero-order valence-electron chi connectivity index (χ0n) is 16.0. The molecule has 29 heavy (non-hydrogen) atoms. The molecule has 4 rings (SSSR count). The van der Waals surface area contributed by atoms with Gasteiger partial charge in [-0.15, -0.1) is 0 Å². The molecule has 0 bridgehead atoms. The SMILES string of the molecule is CCOc1ccc(C(=O)Nc2cccc(-c3nc4ccc(C)cc4o3)c2)cc1Cl. The number of carbonyl (C=O) groups excluding carboxylic acids is 1. The van der Waals surface area contributed by atoms with Gasteiger partial charge < -0.3 is 14.5 Å². The van der Waals surface area contributed by atoms with Gasteiger partial charge in [0.05, 0.1) is 11.6 Å². The van der Waals surface area contributed by atoms with Crippen molar-refractivity contribution in [2.24, 2.45) is 0 Å². The molecule has 0 aliphatic rings. The first-order valence-electron chi connectivity index (χ1n) is 9.25. The summed E-state index contributed by atoms with van der Waals surface area (Å²) in [5.41, 5.74) is 4.50. The number of carbonyl (C=O) groups is 1. The molecule has 0 aliphatic carbocycles. The zero-order valence-corrected chi connectivity index (χ0v) is 16.8. The molecule has 6 heteroatoms. The van der Waals surface area contributed by atoms with Gasteiger partial charge in [-0.3, -0.25) is 4.79 Å². The van der Waals surface area contributed by atoms with Gasteiger partial charge in [0.2, 0.25) is 5.89 Å². The fourth-order valence-electron chi connectivity index (χ4n) is 3.00. The number of oxazole rings is 1. The first-order valence-corrected chi connectivity index (χ1v) is 9.62. The summed E-state index contributed by atoms with van der Waals surface area (Å²) in [4.78, 5) is 17.1. The summed E-state index contributed by atoms with van der Waals surface area (Å²) < 4.78 is 11.3. The number of hydrogen-bond acceptors (Lipinski definition) is 4. The molecule has 146 valence electrons. The number of anilines is 1. The van der Waals surface area contributed by atoms with E-state index in [-0.39, 0.29) is 5.91 Å². The molecular weight excluding hydrogens is 388 g/mol. The van der Waals surface area contributed by atoms with Crippen molar-refractivity contribution in [2.45, 2.75) is 13.8 Å². The van der Waals surface area contributed by atoms with Crippen LogP contribution in [0.3, 0.4) is 0 Å². The lowest BCUT2D eigenvalue weighted by molar-refractivity contribution is 0.102. The number of ether oxygens (including phenoxy) is 1. The number of hydrogen-bond donors (Lipinski definition) is 1. The van der Waals surface area contributed by atoms with Crippen LogP contribution in [0, 0.1) is 6.92 Å². The molecule has 0 saturated heterocycles. The third-order valence-corrected chi connectivity index (χ3v) is 4.70. The molecule has 0 atom stereocenters. The second-order valence-electron chi connectivity index (χ2n) is 6.60. The van der Waals surface area contributed by atoms with E-state index in [0.29, 0.717) is 34.5 Å². The van der Waals surface area contributed by atoms with Crippen LogP contribution in [-0.2, 0) is 0 Å². The van der Waals surface area contributed by atoms with Crippen LogP contribution >= 0.6 is 11.6 Å². The standard InChI is InChI=1S/C23H19ClN2O3/c1-3-28-20-10-8-15(13-18(20)24)22(27)25-17-6-4-5-16(12-17)23-26-19-9-7-14(2)11-21(19)29-23/h4-13H,3H2,1-2H3,(H,25,27). The van der Waals surface area contributed by atoms with Gasteiger partial charge in [-0.25, -0.2) is 4.98 Å². The van der Waals surface area contributed by atoms with Crippen molar-refractivity contribution in [3.05, 3.63) is 76.8 Å². The van der Waals surface area contributed by atoms with E-state index in [1.807, 2.05) is 56.3 Å². The monoisotopic (exact) mass is 406 g/mol. The fraction of sp³-hybridized carbons (Fsp3) is 0.130. The van der Waals surface area contributed by atoms with Crippen molar-refractivity contribution in [3.8, 4) is 17.2 Å². The molecule has 0 unspecified atom stereocenters. The van der Waals surface area contributed by atoms with Gasteiger partial charge in [0.15, 0.2) is 5.58 Å². The van der Waals surface area contributed by atoms with E-state index < -0.39 is 0 Å². The molecule has 1 heterocycles. The molecule has 0 spiro atoms. The average molecular weight is 407 g/mol. The van der Waals surface area contributed by atoms with Crippen molar-refractivity contribution in [3.63, 3.8) is 0 Å². The van der Waals surface area contributed by atoms with Crippen molar-refractivity contribution in [2.75, 3.05) is 11.9 Å². The highest BCUT2D eigenvalue weighted by molar-refractivity contribution is 6.32. The predicted octanol–water partition coefficient (Wildman–Crippen LogP) is 6.11. The largest absolute Gasteiger partial charge is 0.492 e. The average Bonchev–Trinajstić information content (AvgIpc) is 3.13. The highest BCUT2D eigenvalue weighted by atomic mass is 35.5. The molecule has 0 fully saturated rings. The smallest absolute Gasteiger partial charge is 0.255 e. The van der Waals surface area contributed by atoms with E-state index in [1.165, 1.54) is 0 Å². The van der Waals surface area contributed by atoms with E-state index in [1.54, 1.807) is 18.2 Å². The molecule has 0 saturated carbocycles. The van der Waals surface area contributed by atoms with Crippen LogP contribution in [0.4, 0.5) is 5.69 Å². The third-order valence-electron chi connectivity index (χ3n) is 4.41. The van der Waals surface area contributed by atoms with Gasteiger partial charge in [0.25, 0.3) is 5.91 Å². The highest BCUT2D eigenvalue weighted by Gasteiger charge is 2.12. The molecule has 5 nitrogen and oxygen atoms in total. The summed E-state index contributed by atoms with van der Waals surface area (Å²) in [6, 6.07) is 18.2. The number of amides is 1. The van der Waals surface area contributed by atoms with Crippen molar-refractivity contribution in [1.82, 2.24) is 4.98 Å². The predicted molar refractivity (Wildman–Crippen MR) is 115 cm³/mol. The maximum Gasteiger partial charge on any atom is 0.255 e. The Hall–Kier alpha value is -3.31. The van der Waals surface area contributed by atoms with Crippen LogP contribution in [0.25, 0.3) is 22.6 Å². The molecule has 0 aliphatic heterocycles. The van der Waals surface area contributed by atoms with E-state index in [9.17, 15) is 4.79 Å². The van der Waals surface area contributed by atoms with Crippen LogP contribution in [0.5, 0.6) is 5.75 Å². The molecule has 3 aromatic carbocycles.